The lowest BCUT2D eigenvalue weighted by Gasteiger charge is -2.31. The molecule has 34 heavy (non-hydrogen) atoms. The fraction of sp³-hybridized carbons (Fsp3) is 0.259. The maximum absolute atomic E-state index is 13.1. The first kappa shape index (κ1) is 23.3. The molecule has 0 radical (unpaired) electrons. The molecule has 0 atom stereocenters. The molecule has 3 N–H and O–H groups in total. The van der Waals surface area contributed by atoms with Crippen molar-refractivity contribution in [2.45, 2.75) is 25.5 Å². The molecule has 4 rings (SSSR count). The molecule has 0 saturated carbocycles. The molecular formula is C27H29N3O4. The van der Waals surface area contributed by atoms with Crippen molar-refractivity contribution in [2.75, 3.05) is 31.2 Å². The summed E-state index contributed by atoms with van der Waals surface area (Å²) in [4.78, 5) is 28.1. The van der Waals surface area contributed by atoms with Crippen molar-refractivity contribution in [3.63, 3.8) is 0 Å². The molecule has 1 heterocycles. The number of methoxy groups -OCH3 is 1. The molecule has 7 nitrogen and oxygen atoms in total. The minimum Gasteiger partial charge on any atom is -0.497 e. The van der Waals surface area contributed by atoms with E-state index in [4.69, 9.17) is 15.2 Å². The molecule has 0 bridgehead atoms. The number of anilines is 2. The molecule has 1 saturated heterocycles. The number of carbonyl (C=O) groups is 2. The molecule has 7 heteroatoms. The van der Waals surface area contributed by atoms with Crippen LogP contribution >= 0.6 is 0 Å². The van der Waals surface area contributed by atoms with Gasteiger partial charge in [0.1, 0.15) is 11.9 Å². The molecular weight excluding hydrogens is 430 g/mol. The Bertz CT molecular complexity index is 1120. The minimum atomic E-state index is -0.608. The molecule has 3 aromatic rings. The predicted octanol–water partition coefficient (Wildman–Crippen LogP) is 4.72. The number of benzene rings is 3. The fourth-order valence-electron chi connectivity index (χ4n) is 4.11. The van der Waals surface area contributed by atoms with Crippen molar-refractivity contribution < 1.29 is 19.1 Å². The Labute approximate surface area is 199 Å². The van der Waals surface area contributed by atoms with Gasteiger partial charge < -0.3 is 15.2 Å². The summed E-state index contributed by atoms with van der Waals surface area (Å²) in [5.74, 6) is 0.403. The van der Waals surface area contributed by atoms with E-state index < -0.39 is 6.09 Å². The third kappa shape index (κ3) is 5.74. The molecule has 0 spiro atoms. The monoisotopic (exact) mass is 459 g/mol. The molecule has 176 valence electrons. The molecule has 0 aliphatic carbocycles. The molecule has 1 aliphatic rings. The number of hydrogen-bond donors (Lipinski definition) is 2. The van der Waals surface area contributed by atoms with Gasteiger partial charge in [0.15, 0.2) is 5.78 Å². The number of nitrogens with zero attached hydrogens (tertiary/aromatic N) is 1. The van der Waals surface area contributed by atoms with Gasteiger partial charge in [-0.05, 0) is 54.8 Å². The number of rotatable bonds is 7. The molecule has 0 aromatic heterocycles. The van der Waals surface area contributed by atoms with Gasteiger partial charge in [0, 0.05) is 30.8 Å². The van der Waals surface area contributed by atoms with Crippen molar-refractivity contribution in [1.29, 1.82) is 0 Å². The number of nitrogen functional groups attached to an aromatic ring is 1. The number of nitrogens with two attached hydrogens (primary N) is 1. The van der Waals surface area contributed by atoms with Crippen LogP contribution < -0.4 is 15.8 Å². The van der Waals surface area contributed by atoms with Gasteiger partial charge in [-0.15, -0.1) is 0 Å². The Balaban J connectivity index is 1.36. The van der Waals surface area contributed by atoms with Crippen LogP contribution in [-0.2, 0) is 11.3 Å². The Morgan fingerprint density at radius 1 is 0.971 bits per heavy atom. The third-order valence-electron chi connectivity index (χ3n) is 5.98. The number of ketones is 1. The maximum atomic E-state index is 13.1. The summed E-state index contributed by atoms with van der Waals surface area (Å²) in [5.41, 5.74) is 8.71. The number of hydrogen-bond acceptors (Lipinski definition) is 6. The Morgan fingerprint density at radius 3 is 2.35 bits per heavy atom. The molecule has 0 unspecified atom stereocenters. The van der Waals surface area contributed by atoms with Gasteiger partial charge in [-0.2, -0.15) is 0 Å². The van der Waals surface area contributed by atoms with Crippen LogP contribution in [0.2, 0.25) is 0 Å². The number of para-hydroxylation sites is 1. The number of likely N-dealkylation sites (tertiary alicyclic amines) is 1. The summed E-state index contributed by atoms with van der Waals surface area (Å²) in [5, 5.41) is 2.71. The van der Waals surface area contributed by atoms with Crippen LogP contribution in [0.5, 0.6) is 5.75 Å². The second kappa shape index (κ2) is 10.9. The lowest BCUT2D eigenvalue weighted by molar-refractivity contribution is 0.0567. The van der Waals surface area contributed by atoms with E-state index in [-0.39, 0.29) is 17.6 Å². The Morgan fingerprint density at radius 2 is 1.68 bits per heavy atom. The van der Waals surface area contributed by atoms with E-state index in [1.807, 2.05) is 18.2 Å². The Hall–Kier alpha value is -3.84. The summed E-state index contributed by atoms with van der Waals surface area (Å²) in [6.07, 6.45) is 0.713. The van der Waals surface area contributed by atoms with Gasteiger partial charge in [0.25, 0.3) is 0 Å². The second-order valence-electron chi connectivity index (χ2n) is 8.32. The number of carbonyl (C=O) groups excluding carboxylic acids is 2. The maximum Gasteiger partial charge on any atom is 0.411 e. The summed E-state index contributed by atoms with van der Waals surface area (Å²) in [6, 6.07) is 22.1. The van der Waals surface area contributed by atoms with Gasteiger partial charge >= 0.3 is 6.09 Å². The van der Waals surface area contributed by atoms with E-state index in [1.54, 1.807) is 49.6 Å². The van der Waals surface area contributed by atoms with Crippen LogP contribution in [0, 0.1) is 0 Å². The average molecular weight is 460 g/mol. The average Bonchev–Trinajstić information content (AvgIpc) is 2.87. The van der Waals surface area contributed by atoms with Crippen molar-refractivity contribution >= 4 is 23.3 Å². The van der Waals surface area contributed by atoms with E-state index in [2.05, 4.69) is 22.3 Å². The van der Waals surface area contributed by atoms with Crippen LogP contribution in [0.1, 0.15) is 34.3 Å². The fourth-order valence-corrected chi connectivity index (χ4v) is 4.11. The first-order valence-electron chi connectivity index (χ1n) is 11.3. The van der Waals surface area contributed by atoms with E-state index in [0.717, 1.165) is 32.5 Å². The SMILES string of the molecule is COc1ccc(C(=O)c2cccc(N)c2NC(=O)OC2CCN(Cc3ccccc3)CC2)cc1. The van der Waals surface area contributed by atoms with Crippen LogP contribution in [0.25, 0.3) is 0 Å². The topological polar surface area (TPSA) is 93.9 Å². The highest BCUT2D eigenvalue weighted by Gasteiger charge is 2.24. The van der Waals surface area contributed by atoms with Crippen molar-refractivity contribution in [3.05, 3.63) is 89.5 Å². The highest BCUT2D eigenvalue weighted by molar-refractivity contribution is 6.15. The van der Waals surface area contributed by atoms with Gasteiger partial charge in [-0.25, -0.2) is 4.79 Å². The summed E-state index contributed by atoms with van der Waals surface area (Å²) >= 11 is 0. The largest absolute Gasteiger partial charge is 0.497 e. The molecule has 1 fully saturated rings. The zero-order valence-electron chi connectivity index (χ0n) is 19.2. The number of ether oxygens (including phenoxy) is 2. The first-order valence-corrected chi connectivity index (χ1v) is 11.3. The van der Waals surface area contributed by atoms with Crippen molar-refractivity contribution in [2.24, 2.45) is 0 Å². The van der Waals surface area contributed by atoms with Crippen LogP contribution in [0.15, 0.2) is 72.8 Å². The minimum absolute atomic E-state index is 0.183. The van der Waals surface area contributed by atoms with Crippen molar-refractivity contribution in [3.8, 4) is 5.75 Å². The summed E-state index contributed by atoms with van der Waals surface area (Å²) in [7, 11) is 1.56. The van der Waals surface area contributed by atoms with Gasteiger partial charge in [0.05, 0.1) is 18.5 Å². The second-order valence-corrected chi connectivity index (χ2v) is 8.32. The number of piperidine rings is 1. The standard InChI is InChI=1S/C27H29N3O4/c1-33-21-12-10-20(11-13-21)26(31)23-8-5-9-24(28)25(23)29-27(32)34-22-14-16-30(17-15-22)18-19-6-3-2-4-7-19/h2-13,22H,14-18,28H2,1H3,(H,29,32). The van der Waals surface area contributed by atoms with E-state index >= 15 is 0 Å². The van der Waals surface area contributed by atoms with Crippen LogP contribution in [-0.4, -0.2) is 43.1 Å². The van der Waals surface area contributed by atoms with Gasteiger partial charge in [-0.1, -0.05) is 36.4 Å². The molecule has 1 aliphatic heterocycles. The van der Waals surface area contributed by atoms with Crippen LogP contribution in [0.4, 0.5) is 16.2 Å². The zero-order valence-corrected chi connectivity index (χ0v) is 19.2. The van der Waals surface area contributed by atoms with E-state index in [9.17, 15) is 9.59 Å². The number of amides is 1. The molecule has 3 aromatic carbocycles. The lowest BCUT2D eigenvalue weighted by atomic mass is 10.0. The van der Waals surface area contributed by atoms with Gasteiger partial charge in [0.2, 0.25) is 0 Å². The summed E-state index contributed by atoms with van der Waals surface area (Å²) in [6.45, 7) is 2.58. The highest BCUT2D eigenvalue weighted by Crippen LogP contribution is 2.27. The quantitative estimate of drug-likeness (QED) is 0.392. The lowest BCUT2D eigenvalue weighted by Crippen LogP contribution is -2.38. The molecule has 1 amide bonds. The third-order valence-corrected chi connectivity index (χ3v) is 5.98. The van der Waals surface area contributed by atoms with E-state index in [1.165, 1.54) is 5.56 Å². The predicted molar refractivity (Wildman–Crippen MR) is 132 cm³/mol. The summed E-state index contributed by atoms with van der Waals surface area (Å²) < 4.78 is 10.8. The first-order chi connectivity index (χ1) is 16.5. The zero-order chi connectivity index (χ0) is 23.9. The normalized spacial score (nSPS) is 14.4. The van der Waals surface area contributed by atoms with Gasteiger partial charge in [-0.3, -0.25) is 15.0 Å². The highest BCUT2D eigenvalue weighted by atomic mass is 16.6. The number of nitrogens with one attached hydrogen (secondary N) is 1. The van der Waals surface area contributed by atoms with Crippen LogP contribution in [0.3, 0.4) is 0 Å². The van der Waals surface area contributed by atoms with Crippen molar-refractivity contribution in [1.82, 2.24) is 4.90 Å². The van der Waals surface area contributed by atoms with E-state index in [0.29, 0.717) is 22.6 Å². The smallest absolute Gasteiger partial charge is 0.411 e. The Kier molecular flexibility index (Phi) is 7.44.